The average molecular weight is 244 g/mol. The second-order valence-corrected chi connectivity index (χ2v) is 5.82. The van der Waals surface area contributed by atoms with Gasteiger partial charge in [-0.2, -0.15) is 0 Å². The summed E-state index contributed by atoms with van der Waals surface area (Å²) in [4.78, 5) is -0.552. The molecule has 0 aromatic heterocycles. The molecule has 1 fully saturated rings. The van der Waals surface area contributed by atoms with E-state index >= 15 is 0 Å². The molecule has 1 aliphatic carbocycles. The molecular formula is C14H12O2S. The predicted octanol–water partition coefficient (Wildman–Crippen LogP) is 2.80. The molecule has 0 amide bonds. The maximum absolute atomic E-state index is 10.6. The summed E-state index contributed by atoms with van der Waals surface area (Å²) in [6.45, 7) is 0.714. The van der Waals surface area contributed by atoms with Crippen LogP contribution < -0.4 is 0 Å². The summed E-state index contributed by atoms with van der Waals surface area (Å²) in [7, 11) is 0. The van der Waals surface area contributed by atoms with E-state index in [1.54, 1.807) is 11.8 Å². The van der Waals surface area contributed by atoms with Crippen molar-refractivity contribution in [3.63, 3.8) is 0 Å². The summed E-state index contributed by atoms with van der Waals surface area (Å²) in [5.41, 5.74) is 2.15. The van der Waals surface area contributed by atoms with Crippen molar-refractivity contribution in [1.29, 1.82) is 0 Å². The van der Waals surface area contributed by atoms with Crippen molar-refractivity contribution in [3.8, 4) is 0 Å². The van der Waals surface area contributed by atoms with Crippen LogP contribution in [0.1, 0.15) is 17.2 Å². The summed E-state index contributed by atoms with van der Waals surface area (Å²) < 4.78 is 5.90. The Morgan fingerprint density at radius 1 is 1.24 bits per heavy atom. The molecule has 0 bridgehead atoms. The van der Waals surface area contributed by atoms with E-state index in [1.807, 2.05) is 18.2 Å². The van der Waals surface area contributed by atoms with Crippen molar-refractivity contribution in [2.75, 3.05) is 12.4 Å². The smallest absolute Gasteiger partial charge is 0.169 e. The van der Waals surface area contributed by atoms with Gasteiger partial charge in [-0.05, 0) is 16.3 Å². The Labute approximate surface area is 104 Å². The molecule has 2 atom stereocenters. The SMILES string of the molecule is O[C@@H]1c2cccc3cccc(c23)[C@]12OCCS2. The van der Waals surface area contributed by atoms with E-state index in [1.165, 1.54) is 10.8 Å². The van der Waals surface area contributed by atoms with Crippen molar-refractivity contribution in [2.24, 2.45) is 0 Å². The molecular weight excluding hydrogens is 232 g/mol. The lowest BCUT2D eigenvalue weighted by Crippen LogP contribution is -2.25. The van der Waals surface area contributed by atoms with E-state index in [0.29, 0.717) is 6.61 Å². The number of fused-ring (bicyclic) bond motifs is 1. The number of thioether (sulfide) groups is 1. The second-order valence-electron chi connectivity index (χ2n) is 4.52. The minimum atomic E-state index is -0.552. The largest absolute Gasteiger partial charge is 0.384 e. The molecule has 0 unspecified atom stereocenters. The maximum Gasteiger partial charge on any atom is 0.169 e. The van der Waals surface area contributed by atoms with Crippen molar-refractivity contribution < 1.29 is 9.84 Å². The Balaban J connectivity index is 2.11. The lowest BCUT2D eigenvalue weighted by molar-refractivity contribution is -0.0451. The predicted molar refractivity (Wildman–Crippen MR) is 69.0 cm³/mol. The molecule has 0 radical (unpaired) electrons. The van der Waals surface area contributed by atoms with Gasteiger partial charge in [0.05, 0.1) is 6.61 Å². The van der Waals surface area contributed by atoms with Gasteiger partial charge in [-0.3, -0.25) is 0 Å². The second kappa shape index (κ2) is 3.25. The molecule has 2 aliphatic rings. The van der Waals surface area contributed by atoms with E-state index in [9.17, 15) is 5.11 Å². The average Bonchev–Trinajstić information content (AvgIpc) is 2.94. The van der Waals surface area contributed by atoms with Crippen LogP contribution in [-0.2, 0) is 9.67 Å². The zero-order chi connectivity index (χ0) is 11.5. The molecule has 4 rings (SSSR count). The molecule has 1 aliphatic heterocycles. The maximum atomic E-state index is 10.6. The molecule has 1 heterocycles. The lowest BCUT2D eigenvalue weighted by atomic mass is 10.1. The van der Waals surface area contributed by atoms with Crippen LogP contribution in [0.4, 0.5) is 0 Å². The monoisotopic (exact) mass is 244 g/mol. The fourth-order valence-electron chi connectivity index (χ4n) is 2.98. The molecule has 86 valence electrons. The number of rotatable bonds is 0. The van der Waals surface area contributed by atoms with E-state index in [-0.39, 0.29) is 0 Å². The molecule has 2 nitrogen and oxygen atoms in total. The first-order chi connectivity index (χ1) is 8.33. The van der Waals surface area contributed by atoms with Gasteiger partial charge in [-0.1, -0.05) is 36.4 Å². The summed E-state index contributed by atoms with van der Waals surface area (Å²) in [6, 6.07) is 12.3. The van der Waals surface area contributed by atoms with Crippen molar-refractivity contribution in [1.82, 2.24) is 0 Å². The summed E-state index contributed by atoms with van der Waals surface area (Å²) >= 11 is 1.72. The van der Waals surface area contributed by atoms with Crippen molar-refractivity contribution in [3.05, 3.63) is 47.5 Å². The van der Waals surface area contributed by atoms with Crippen LogP contribution >= 0.6 is 11.8 Å². The lowest BCUT2D eigenvalue weighted by Gasteiger charge is -2.27. The van der Waals surface area contributed by atoms with Crippen LogP contribution in [-0.4, -0.2) is 17.5 Å². The van der Waals surface area contributed by atoms with Gasteiger partial charge < -0.3 is 9.84 Å². The Hall–Kier alpha value is -1.03. The van der Waals surface area contributed by atoms with Crippen LogP contribution in [0.15, 0.2) is 36.4 Å². The Kier molecular flexibility index (Phi) is 1.90. The number of aliphatic hydroxyl groups is 1. The standard InChI is InChI=1S/C14H12O2S/c15-13-10-5-1-3-9-4-2-6-11(12(9)10)14(13)16-7-8-17-14/h1-6,13,15H,7-8H2/t13-,14-/m1/s1. The number of ether oxygens (including phenoxy) is 1. The van der Waals surface area contributed by atoms with Gasteiger partial charge in [0.25, 0.3) is 0 Å². The Bertz CT molecular complexity index is 597. The molecule has 1 saturated heterocycles. The minimum absolute atomic E-state index is 0.545. The highest BCUT2D eigenvalue weighted by Gasteiger charge is 2.51. The number of benzene rings is 2. The summed E-state index contributed by atoms with van der Waals surface area (Å²) in [5, 5.41) is 12.9. The third kappa shape index (κ3) is 1.09. The van der Waals surface area contributed by atoms with Gasteiger partial charge in [-0.15, -0.1) is 11.8 Å². The molecule has 1 N–H and O–H groups in total. The van der Waals surface area contributed by atoms with E-state index in [4.69, 9.17) is 4.74 Å². The van der Waals surface area contributed by atoms with Crippen LogP contribution in [0, 0.1) is 0 Å². The first kappa shape index (κ1) is 9.95. The molecule has 2 aromatic rings. The fraction of sp³-hybridized carbons (Fsp3) is 0.286. The van der Waals surface area contributed by atoms with Crippen molar-refractivity contribution >= 4 is 22.5 Å². The van der Waals surface area contributed by atoms with E-state index in [0.717, 1.165) is 16.9 Å². The molecule has 0 saturated carbocycles. The first-order valence-electron chi connectivity index (χ1n) is 5.81. The van der Waals surface area contributed by atoms with Gasteiger partial charge in [-0.25, -0.2) is 0 Å². The normalized spacial score (nSPS) is 30.5. The van der Waals surface area contributed by atoms with E-state index in [2.05, 4.69) is 18.2 Å². The van der Waals surface area contributed by atoms with Crippen molar-refractivity contribution in [2.45, 2.75) is 11.0 Å². The van der Waals surface area contributed by atoms with Crippen LogP contribution in [0.3, 0.4) is 0 Å². The molecule has 17 heavy (non-hydrogen) atoms. The Morgan fingerprint density at radius 2 is 2.06 bits per heavy atom. The first-order valence-corrected chi connectivity index (χ1v) is 6.79. The topological polar surface area (TPSA) is 29.5 Å². The number of aliphatic hydroxyl groups excluding tert-OH is 1. The molecule has 1 spiro atoms. The van der Waals surface area contributed by atoms with Gasteiger partial charge in [0.1, 0.15) is 6.10 Å². The van der Waals surface area contributed by atoms with Gasteiger partial charge in [0.2, 0.25) is 0 Å². The van der Waals surface area contributed by atoms with Gasteiger partial charge >= 0.3 is 0 Å². The number of hydrogen-bond donors (Lipinski definition) is 1. The van der Waals surface area contributed by atoms with E-state index < -0.39 is 11.0 Å². The summed E-state index contributed by atoms with van der Waals surface area (Å²) in [5.74, 6) is 0.946. The minimum Gasteiger partial charge on any atom is -0.384 e. The van der Waals surface area contributed by atoms with Gasteiger partial charge in [0.15, 0.2) is 4.93 Å². The highest BCUT2D eigenvalue weighted by atomic mass is 32.2. The fourth-order valence-corrected chi connectivity index (χ4v) is 4.23. The zero-order valence-electron chi connectivity index (χ0n) is 9.22. The van der Waals surface area contributed by atoms with Crippen LogP contribution in [0.5, 0.6) is 0 Å². The third-order valence-corrected chi connectivity index (χ3v) is 5.04. The van der Waals surface area contributed by atoms with Crippen LogP contribution in [0.25, 0.3) is 10.8 Å². The van der Waals surface area contributed by atoms with Gasteiger partial charge in [0, 0.05) is 11.3 Å². The Morgan fingerprint density at radius 3 is 2.82 bits per heavy atom. The zero-order valence-corrected chi connectivity index (χ0v) is 10.0. The highest BCUT2D eigenvalue weighted by molar-refractivity contribution is 8.00. The number of hydrogen-bond acceptors (Lipinski definition) is 3. The molecule has 3 heteroatoms. The quantitative estimate of drug-likeness (QED) is 0.772. The summed E-state index contributed by atoms with van der Waals surface area (Å²) in [6.07, 6.45) is -0.545. The van der Waals surface area contributed by atoms with Crippen LogP contribution in [0.2, 0.25) is 0 Å². The third-order valence-electron chi connectivity index (χ3n) is 3.68. The highest BCUT2D eigenvalue weighted by Crippen LogP contribution is 2.58. The molecule has 2 aromatic carbocycles.